The number of hydrogen-bond acceptors (Lipinski definition) is 4. The highest BCUT2D eigenvalue weighted by Crippen LogP contribution is 2.37. The lowest BCUT2D eigenvalue weighted by Gasteiger charge is -2.28. The van der Waals surface area contributed by atoms with Crippen LogP contribution in [0.25, 0.3) is 0 Å². The number of urea groups is 2. The Kier molecular flexibility index (Phi) is 4.45. The van der Waals surface area contributed by atoms with Gasteiger partial charge in [-0.2, -0.15) is 0 Å². The maximum Gasteiger partial charge on any atom is 0.322 e. The fourth-order valence-electron chi connectivity index (χ4n) is 3.94. The first-order valence-electron chi connectivity index (χ1n) is 8.56. The zero-order valence-electron chi connectivity index (χ0n) is 14.7. The molecular weight excluding hydrogens is 324 g/mol. The van der Waals surface area contributed by atoms with E-state index in [1.807, 2.05) is 26.8 Å². The predicted octanol–water partition coefficient (Wildman–Crippen LogP) is 1.63. The molecule has 0 radical (unpaired) electrons. The molecule has 2 fully saturated rings. The van der Waals surface area contributed by atoms with E-state index in [9.17, 15) is 14.4 Å². The average Bonchev–Trinajstić information content (AvgIpc) is 3.16. The van der Waals surface area contributed by atoms with Crippen LogP contribution in [0, 0.1) is 19.8 Å². The van der Waals surface area contributed by atoms with E-state index in [0.29, 0.717) is 13.0 Å². The summed E-state index contributed by atoms with van der Waals surface area (Å²) >= 11 is 0. The summed E-state index contributed by atoms with van der Waals surface area (Å²) < 4.78 is 5.49. The summed E-state index contributed by atoms with van der Waals surface area (Å²) in [5.74, 6) is 1.18. The third-order valence-electron chi connectivity index (χ3n) is 5.19. The number of carbonyl (C=O) groups is 3. The van der Waals surface area contributed by atoms with Crippen LogP contribution >= 0.6 is 0 Å². The Hall–Kier alpha value is -2.51. The quantitative estimate of drug-likeness (QED) is 0.620. The second kappa shape index (κ2) is 6.42. The van der Waals surface area contributed by atoms with Crippen LogP contribution in [-0.4, -0.2) is 30.1 Å². The van der Waals surface area contributed by atoms with E-state index < -0.39 is 11.6 Å². The number of carbonyl (C=O) groups excluding carboxylic acids is 3. The molecule has 3 unspecified atom stereocenters. The molecule has 4 N–H and O–H groups in total. The molecule has 3 atom stereocenters. The lowest BCUT2D eigenvalue weighted by molar-refractivity contribution is -0.125. The molecule has 136 valence electrons. The summed E-state index contributed by atoms with van der Waals surface area (Å²) in [7, 11) is 0. The van der Waals surface area contributed by atoms with Gasteiger partial charge in [-0.25, -0.2) is 9.59 Å². The smallest absolute Gasteiger partial charge is 0.322 e. The van der Waals surface area contributed by atoms with Gasteiger partial charge in [-0.05, 0) is 39.7 Å². The Morgan fingerprint density at radius 1 is 1.44 bits per heavy atom. The van der Waals surface area contributed by atoms with Gasteiger partial charge in [-0.1, -0.05) is 6.42 Å². The standard InChI is InChI=1S/C17H24N4O4/c1-9-7-13(11(3)25-9)10(2)19-15(23)18-8-12-5-4-6-17(12)14(22)20-16(24)21-17/h7,10,12H,4-6,8H2,1-3H3,(H2,18,19,23)(H2,20,21,22,24). The minimum absolute atomic E-state index is 0.113. The van der Waals surface area contributed by atoms with E-state index in [4.69, 9.17) is 4.42 Å². The van der Waals surface area contributed by atoms with Gasteiger partial charge < -0.3 is 20.4 Å². The summed E-state index contributed by atoms with van der Waals surface area (Å²) in [5, 5.41) is 10.7. The zero-order chi connectivity index (χ0) is 18.2. The Bertz CT molecular complexity index is 714. The van der Waals surface area contributed by atoms with Crippen LogP contribution in [0.3, 0.4) is 0 Å². The highest BCUT2D eigenvalue weighted by atomic mass is 16.3. The molecule has 3 rings (SSSR count). The fraction of sp³-hybridized carbons (Fsp3) is 0.588. The number of aryl methyl sites for hydroxylation is 2. The van der Waals surface area contributed by atoms with E-state index in [1.54, 1.807) is 0 Å². The first-order chi connectivity index (χ1) is 11.8. The molecule has 25 heavy (non-hydrogen) atoms. The second-order valence-electron chi connectivity index (χ2n) is 6.91. The van der Waals surface area contributed by atoms with Crippen LogP contribution in [-0.2, 0) is 4.79 Å². The van der Waals surface area contributed by atoms with Crippen molar-refractivity contribution in [3.05, 3.63) is 23.2 Å². The van der Waals surface area contributed by atoms with Crippen LogP contribution < -0.4 is 21.3 Å². The van der Waals surface area contributed by atoms with Gasteiger partial charge in [0.1, 0.15) is 17.1 Å². The van der Waals surface area contributed by atoms with Gasteiger partial charge in [0.2, 0.25) is 0 Å². The molecule has 2 heterocycles. The molecule has 0 aromatic carbocycles. The van der Waals surface area contributed by atoms with Crippen LogP contribution in [0.4, 0.5) is 9.59 Å². The van der Waals surface area contributed by atoms with E-state index in [-0.39, 0.29) is 23.9 Å². The number of imide groups is 1. The lowest BCUT2D eigenvalue weighted by atomic mass is 9.87. The molecule has 2 aliphatic rings. The summed E-state index contributed by atoms with van der Waals surface area (Å²) in [6.07, 6.45) is 2.22. The largest absolute Gasteiger partial charge is 0.466 e. The van der Waals surface area contributed by atoms with Gasteiger partial charge >= 0.3 is 12.1 Å². The van der Waals surface area contributed by atoms with Gasteiger partial charge in [0, 0.05) is 18.0 Å². The Balaban J connectivity index is 1.56. The molecular formula is C17H24N4O4. The van der Waals surface area contributed by atoms with Crippen molar-refractivity contribution in [2.24, 2.45) is 5.92 Å². The monoisotopic (exact) mass is 348 g/mol. The lowest BCUT2D eigenvalue weighted by Crippen LogP contribution is -2.53. The van der Waals surface area contributed by atoms with Gasteiger partial charge in [0.15, 0.2) is 0 Å². The van der Waals surface area contributed by atoms with Crippen molar-refractivity contribution in [3.63, 3.8) is 0 Å². The SMILES string of the molecule is Cc1cc(C(C)NC(=O)NCC2CCCC23NC(=O)NC3=O)c(C)o1. The summed E-state index contributed by atoms with van der Waals surface area (Å²) in [4.78, 5) is 35.8. The minimum atomic E-state index is -0.881. The normalized spacial score (nSPS) is 26.4. The van der Waals surface area contributed by atoms with Crippen LogP contribution in [0.2, 0.25) is 0 Å². The molecule has 8 nitrogen and oxygen atoms in total. The number of amides is 5. The van der Waals surface area contributed by atoms with Gasteiger partial charge in [0.05, 0.1) is 6.04 Å². The van der Waals surface area contributed by atoms with Crippen molar-refractivity contribution < 1.29 is 18.8 Å². The summed E-state index contributed by atoms with van der Waals surface area (Å²) in [6, 6.07) is 0.952. The average molecular weight is 348 g/mol. The molecule has 1 saturated carbocycles. The first-order valence-corrected chi connectivity index (χ1v) is 8.56. The summed E-state index contributed by atoms with van der Waals surface area (Å²) in [5.41, 5.74) is 0.0567. The molecule has 0 bridgehead atoms. The zero-order valence-corrected chi connectivity index (χ0v) is 14.7. The maximum atomic E-state index is 12.2. The van der Waals surface area contributed by atoms with Crippen molar-refractivity contribution >= 4 is 18.0 Å². The van der Waals surface area contributed by atoms with Crippen molar-refractivity contribution in [1.82, 2.24) is 21.3 Å². The van der Waals surface area contributed by atoms with Crippen LogP contribution in [0.1, 0.15) is 49.3 Å². The highest BCUT2D eigenvalue weighted by Gasteiger charge is 2.54. The molecule has 5 amide bonds. The number of hydrogen-bond donors (Lipinski definition) is 4. The Morgan fingerprint density at radius 2 is 2.20 bits per heavy atom. The number of furan rings is 1. The topological polar surface area (TPSA) is 112 Å². The van der Waals surface area contributed by atoms with Crippen molar-refractivity contribution in [2.45, 2.75) is 51.6 Å². The molecule has 1 aromatic rings. The van der Waals surface area contributed by atoms with Crippen LogP contribution in [0.15, 0.2) is 10.5 Å². The molecule has 1 spiro atoms. The number of nitrogens with one attached hydrogen (secondary N) is 4. The second-order valence-corrected chi connectivity index (χ2v) is 6.91. The van der Waals surface area contributed by atoms with Gasteiger partial charge in [0.25, 0.3) is 5.91 Å². The molecule has 1 saturated heterocycles. The number of rotatable bonds is 4. The minimum Gasteiger partial charge on any atom is -0.466 e. The third kappa shape index (κ3) is 3.20. The molecule has 1 aliphatic carbocycles. The molecule has 1 aliphatic heterocycles. The van der Waals surface area contributed by atoms with Gasteiger partial charge in [-0.3, -0.25) is 10.1 Å². The van der Waals surface area contributed by atoms with Crippen molar-refractivity contribution in [1.29, 1.82) is 0 Å². The molecule has 1 aromatic heterocycles. The Labute approximate surface area is 146 Å². The predicted molar refractivity (Wildman–Crippen MR) is 89.9 cm³/mol. The van der Waals surface area contributed by atoms with Crippen molar-refractivity contribution in [2.75, 3.05) is 6.54 Å². The van der Waals surface area contributed by atoms with Crippen molar-refractivity contribution in [3.8, 4) is 0 Å². The van der Waals surface area contributed by atoms with Crippen LogP contribution in [0.5, 0.6) is 0 Å². The first kappa shape index (κ1) is 17.3. The summed E-state index contributed by atoms with van der Waals surface area (Å²) in [6.45, 7) is 5.94. The van der Waals surface area contributed by atoms with E-state index in [0.717, 1.165) is 29.9 Å². The van der Waals surface area contributed by atoms with E-state index in [2.05, 4.69) is 21.3 Å². The third-order valence-corrected chi connectivity index (χ3v) is 5.19. The Morgan fingerprint density at radius 3 is 2.80 bits per heavy atom. The fourth-order valence-corrected chi connectivity index (χ4v) is 3.94. The van der Waals surface area contributed by atoms with Gasteiger partial charge in [-0.15, -0.1) is 0 Å². The highest BCUT2D eigenvalue weighted by molar-refractivity contribution is 6.07. The van der Waals surface area contributed by atoms with E-state index in [1.165, 1.54) is 0 Å². The maximum absolute atomic E-state index is 12.2. The van der Waals surface area contributed by atoms with E-state index >= 15 is 0 Å². The molecule has 8 heteroatoms.